The summed E-state index contributed by atoms with van der Waals surface area (Å²) in [5.74, 6) is 0.0667. The van der Waals surface area contributed by atoms with Gasteiger partial charge in [0, 0.05) is 82.6 Å². The van der Waals surface area contributed by atoms with Gasteiger partial charge in [0.25, 0.3) is 11.8 Å². The molecule has 3 N–H and O–H groups in total. The summed E-state index contributed by atoms with van der Waals surface area (Å²) in [5, 5.41) is 9.26. The summed E-state index contributed by atoms with van der Waals surface area (Å²) in [7, 11) is 0.723. The van der Waals surface area contributed by atoms with Crippen molar-refractivity contribution in [3.8, 4) is 5.75 Å². The summed E-state index contributed by atoms with van der Waals surface area (Å²) in [6.07, 6.45) is 4.76. The molecule has 338 valence electrons. The van der Waals surface area contributed by atoms with Crippen molar-refractivity contribution in [2.75, 3.05) is 88.4 Å². The Balaban J connectivity index is 0.792. The molecule has 0 bridgehead atoms. The molecule has 4 aliphatic rings. The van der Waals surface area contributed by atoms with Crippen LogP contribution in [0.3, 0.4) is 0 Å². The number of benzene rings is 3. The summed E-state index contributed by atoms with van der Waals surface area (Å²) >= 11 is 8.05. The Morgan fingerprint density at radius 1 is 0.875 bits per heavy atom. The number of aromatic nitrogens is 2. The maximum Gasteiger partial charge on any atom is 0.362 e. The Bertz CT molecular complexity index is 2460. The first-order valence-electron chi connectivity index (χ1n) is 21.2. The maximum atomic E-state index is 13.5. The van der Waals surface area contributed by atoms with Crippen molar-refractivity contribution >= 4 is 88.7 Å². The van der Waals surface area contributed by atoms with Crippen LogP contribution in [0.2, 0.25) is 5.02 Å². The van der Waals surface area contributed by atoms with E-state index in [1.165, 1.54) is 20.4 Å². The third-order valence-corrected chi connectivity index (χ3v) is 15.5. The third kappa shape index (κ3) is 9.64. The minimum absolute atomic E-state index is 0.0910. The normalized spacial score (nSPS) is 18.9. The summed E-state index contributed by atoms with van der Waals surface area (Å²) in [4.78, 5) is 69.1. The van der Waals surface area contributed by atoms with Crippen molar-refractivity contribution in [3.63, 3.8) is 0 Å². The molecule has 3 aromatic carbocycles. The van der Waals surface area contributed by atoms with Gasteiger partial charge in [-0.25, -0.2) is 4.98 Å². The number of carbonyl (C=O) groups excluding carboxylic acids is 4. The van der Waals surface area contributed by atoms with Gasteiger partial charge in [-0.3, -0.25) is 38.9 Å². The molecule has 1 atom stereocenters. The second-order valence-electron chi connectivity index (χ2n) is 15.8. The van der Waals surface area contributed by atoms with Crippen molar-refractivity contribution in [3.05, 3.63) is 83.0 Å². The van der Waals surface area contributed by atoms with E-state index in [0.29, 0.717) is 45.4 Å². The molecule has 4 aliphatic heterocycles. The summed E-state index contributed by atoms with van der Waals surface area (Å²) in [6, 6.07) is 17.8. The number of hydrogen-bond donors (Lipinski definition) is 3. The number of piperazine rings is 1. The van der Waals surface area contributed by atoms with E-state index in [4.69, 9.17) is 25.4 Å². The predicted octanol–water partition coefficient (Wildman–Crippen LogP) is 5.91. The standard InChI is InChI=1S/C44H51ClN9O8PS/c1-60-35-26-29(12-13-32(35)48-44-46-27-31(45)40(50-44)47-33-9-4-5-10-36(33)63(59,61-2)62-3)52-19-16-28(17-20-52)53-23-21-51(22-24-53)18-7-25-64-37-11-6-8-30-39(37)43(58)54(42(30)57)34-14-15-38(55)49-41(34)56/h4-6,8-13,26-28,34H,7,14-25H2,1-3H3,(H,49,55,56)(H2,46,47,48,50). The Hall–Kier alpha value is -5.07. The summed E-state index contributed by atoms with van der Waals surface area (Å²) in [6.45, 7) is 6.83. The van der Waals surface area contributed by atoms with Gasteiger partial charge < -0.3 is 34.2 Å². The van der Waals surface area contributed by atoms with E-state index in [9.17, 15) is 23.7 Å². The molecule has 1 unspecified atom stereocenters. The SMILES string of the molecule is COc1cc(N2CCC(N3CCN(CCCSc4cccc5c4C(=O)N(C4CCC(=O)NC4=O)C5=O)CC3)CC2)ccc1Nc1ncc(Cl)c(Nc2ccccc2P(=O)(OC)OC)n1. The van der Waals surface area contributed by atoms with Crippen LogP contribution in [-0.4, -0.2) is 133 Å². The van der Waals surface area contributed by atoms with Crippen LogP contribution in [0, 0.1) is 0 Å². The minimum Gasteiger partial charge on any atom is -0.494 e. The molecular weight excluding hydrogens is 881 g/mol. The lowest BCUT2D eigenvalue weighted by atomic mass is 10.0. The number of para-hydroxylation sites is 1. The first-order valence-corrected chi connectivity index (χ1v) is 24.1. The number of piperidine rings is 2. The smallest absolute Gasteiger partial charge is 0.362 e. The molecular formula is C44H51ClN9O8PS. The zero-order valence-electron chi connectivity index (χ0n) is 35.9. The van der Waals surface area contributed by atoms with Crippen molar-refractivity contribution in [2.45, 2.75) is 49.1 Å². The maximum absolute atomic E-state index is 13.5. The Kier molecular flexibility index (Phi) is 14.2. The van der Waals surface area contributed by atoms with Crippen molar-refractivity contribution in [1.82, 2.24) is 30.0 Å². The number of methoxy groups -OCH3 is 1. The van der Waals surface area contributed by atoms with E-state index in [2.05, 4.69) is 46.7 Å². The third-order valence-electron chi connectivity index (χ3n) is 12.2. The largest absolute Gasteiger partial charge is 0.494 e. The summed E-state index contributed by atoms with van der Waals surface area (Å²) < 4.78 is 29.5. The number of ether oxygens (including phenoxy) is 1. The van der Waals surface area contributed by atoms with Crippen LogP contribution in [0.4, 0.5) is 28.8 Å². The van der Waals surface area contributed by atoms with Gasteiger partial charge in [0.05, 0.1) is 41.1 Å². The van der Waals surface area contributed by atoms with E-state index in [1.807, 2.05) is 18.2 Å². The Labute approximate surface area is 381 Å². The van der Waals surface area contributed by atoms with E-state index in [1.54, 1.807) is 55.3 Å². The minimum atomic E-state index is -3.57. The van der Waals surface area contributed by atoms with Crippen molar-refractivity contribution < 1.29 is 37.5 Å². The van der Waals surface area contributed by atoms with Crippen LogP contribution in [0.15, 0.2) is 71.8 Å². The van der Waals surface area contributed by atoms with E-state index in [0.717, 1.165) is 86.3 Å². The van der Waals surface area contributed by atoms with Gasteiger partial charge >= 0.3 is 7.60 Å². The number of carbonyl (C=O) groups is 4. The number of anilines is 5. The van der Waals surface area contributed by atoms with Crippen LogP contribution in [0.5, 0.6) is 5.75 Å². The van der Waals surface area contributed by atoms with E-state index < -0.39 is 37.3 Å². The first-order chi connectivity index (χ1) is 31.0. The molecule has 5 heterocycles. The summed E-state index contributed by atoms with van der Waals surface area (Å²) in [5.41, 5.74) is 2.89. The quantitative estimate of drug-likeness (QED) is 0.0521. The lowest BCUT2D eigenvalue weighted by Crippen LogP contribution is -2.54. The number of halogens is 1. The molecule has 0 radical (unpaired) electrons. The fourth-order valence-corrected chi connectivity index (χ4v) is 11.1. The van der Waals surface area contributed by atoms with E-state index >= 15 is 0 Å². The van der Waals surface area contributed by atoms with Crippen LogP contribution in [0.25, 0.3) is 0 Å². The van der Waals surface area contributed by atoms with Crippen LogP contribution >= 0.6 is 31.0 Å². The number of hydrogen-bond acceptors (Lipinski definition) is 16. The molecule has 20 heteroatoms. The van der Waals surface area contributed by atoms with Crippen LogP contribution < -0.4 is 30.9 Å². The molecule has 0 aliphatic carbocycles. The van der Waals surface area contributed by atoms with Gasteiger partial charge in [0.1, 0.15) is 16.8 Å². The fraction of sp³-hybridized carbons (Fsp3) is 0.409. The predicted molar refractivity (Wildman–Crippen MR) is 246 cm³/mol. The van der Waals surface area contributed by atoms with Gasteiger partial charge in [0.2, 0.25) is 17.8 Å². The van der Waals surface area contributed by atoms with Gasteiger partial charge in [0.15, 0.2) is 5.82 Å². The molecule has 8 rings (SSSR count). The molecule has 64 heavy (non-hydrogen) atoms. The van der Waals surface area contributed by atoms with E-state index in [-0.39, 0.29) is 23.8 Å². The highest BCUT2D eigenvalue weighted by Gasteiger charge is 2.45. The van der Waals surface area contributed by atoms with Gasteiger partial charge in [-0.15, -0.1) is 11.8 Å². The van der Waals surface area contributed by atoms with Crippen molar-refractivity contribution in [1.29, 1.82) is 0 Å². The highest BCUT2D eigenvalue weighted by molar-refractivity contribution is 7.99. The van der Waals surface area contributed by atoms with Crippen molar-refractivity contribution in [2.24, 2.45) is 0 Å². The highest BCUT2D eigenvalue weighted by atomic mass is 35.5. The second-order valence-corrected chi connectivity index (χ2v) is 19.6. The van der Waals surface area contributed by atoms with Gasteiger partial charge in [-0.1, -0.05) is 29.8 Å². The molecule has 3 saturated heterocycles. The monoisotopic (exact) mass is 931 g/mol. The number of amides is 4. The zero-order valence-corrected chi connectivity index (χ0v) is 38.3. The Morgan fingerprint density at radius 3 is 2.38 bits per heavy atom. The Morgan fingerprint density at radius 2 is 1.64 bits per heavy atom. The first kappa shape index (κ1) is 45.5. The highest BCUT2D eigenvalue weighted by Crippen LogP contribution is 2.47. The molecule has 4 amide bonds. The molecule has 0 spiro atoms. The molecule has 4 aromatic rings. The van der Waals surface area contributed by atoms with Gasteiger partial charge in [-0.05, 0) is 74.4 Å². The number of imide groups is 2. The van der Waals surface area contributed by atoms with Crippen LogP contribution in [0.1, 0.15) is 52.8 Å². The number of nitrogens with zero attached hydrogens (tertiary/aromatic N) is 6. The molecule has 3 fully saturated rings. The average molecular weight is 932 g/mol. The second kappa shape index (κ2) is 20.0. The topological polar surface area (TPSA) is 188 Å². The van der Waals surface area contributed by atoms with Crippen LogP contribution in [-0.2, 0) is 23.2 Å². The molecule has 0 saturated carbocycles. The fourth-order valence-electron chi connectivity index (χ4n) is 8.75. The average Bonchev–Trinajstić information content (AvgIpc) is 3.57. The number of thioether (sulfide) groups is 1. The zero-order chi connectivity index (χ0) is 45.0. The lowest BCUT2D eigenvalue weighted by molar-refractivity contribution is -0.136. The molecule has 17 nitrogen and oxygen atoms in total. The number of fused-ring (bicyclic) bond motifs is 1. The van der Waals surface area contributed by atoms with Gasteiger partial charge in [-0.2, -0.15) is 4.98 Å². The number of nitrogens with one attached hydrogen (secondary N) is 3. The molecule has 1 aromatic heterocycles. The number of rotatable bonds is 16. The lowest BCUT2D eigenvalue weighted by Gasteiger charge is -2.43.